The van der Waals surface area contributed by atoms with Gasteiger partial charge in [-0.25, -0.2) is 0 Å². The first-order chi connectivity index (χ1) is 10.2. The lowest BCUT2D eigenvalue weighted by Crippen LogP contribution is -2.12. The van der Waals surface area contributed by atoms with Crippen LogP contribution in [0.2, 0.25) is 0 Å². The van der Waals surface area contributed by atoms with Crippen molar-refractivity contribution in [3.8, 4) is 0 Å². The molecule has 0 aliphatic rings. The summed E-state index contributed by atoms with van der Waals surface area (Å²) < 4.78 is 1.13. The highest BCUT2D eigenvalue weighted by atomic mass is 79.9. The Bertz CT molecular complexity index is 733. The number of H-pyrrole nitrogens is 1. The molecule has 1 aromatic heterocycles. The fourth-order valence-electron chi connectivity index (χ4n) is 2.26. The van der Waals surface area contributed by atoms with Crippen molar-refractivity contribution in [2.75, 3.05) is 7.05 Å². The van der Waals surface area contributed by atoms with Crippen LogP contribution in [0.4, 0.5) is 0 Å². The van der Waals surface area contributed by atoms with Crippen molar-refractivity contribution in [2.45, 2.75) is 22.9 Å². The molecule has 0 aliphatic carbocycles. The molecule has 0 amide bonds. The van der Waals surface area contributed by atoms with Crippen LogP contribution in [-0.2, 0) is 0 Å². The largest absolute Gasteiger partial charge is 0.349 e. The SMILES string of the molecule is CNC(C)c1ccc(Sc2cc3ccccc3[nH]2)c(Br)c1. The Kier molecular flexibility index (Phi) is 4.38. The predicted octanol–water partition coefficient (Wildman–Crippen LogP) is 5.36. The maximum atomic E-state index is 3.68. The van der Waals surface area contributed by atoms with Gasteiger partial charge in [-0.1, -0.05) is 36.0 Å². The smallest absolute Gasteiger partial charge is 0.0781 e. The molecule has 3 rings (SSSR count). The number of hydrogen-bond acceptors (Lipinski definition) is 2. The van der Waals surface area contributed by atoms with Gasteiger partial charge < -0.3 is 10.3 Å². The molecule has 2 aromatic carbocycles. The Morgan fingerprint density at radius 3 is 2.67 bits per heavy atom. The summed E-state index contributed by atoms with van der Waals surface area (Å²) in [7, 11) is 1.98. The molecule has 1 atom stereocenters. The molecule has 0 radical (unpaired) electrons. The van der Waals surface area contributed by atoms with Crippen molar-refractivity contribution >= 4 is 38.6 Å². The first kappa shape index (κ1) is 14.7. The minimum atomic E-state index is 0.355. The summed E-state index contributed by atoms with van der Waals surface area (Å²) in [6.07, 6.45) is 0. The third-order valence-electron chi connectivity index (χ3n) is 3.61. The van der Waals surface area contributed by atoms with Gasteiger partial charge in [-0.05, 0) is 59.7 Å². The maximum Gasteiger partial charge on any atom is 0.0781 e. The van der Waals surface area contributed by atoms with Gasteiger partial charge in [-0.2, -0.15) is 0 Å². The molecule has 0 aliphatic heterocycles. The van der Waals surface area contributed by atoms with Crippen LogP contribution in [0.25, 0.3) is 10.9 Å². The summed E-state index contributed by atoms with van der Waals surface area (Å²) in [5, 5.41) is 5.67. The monoisotopic (exact) mass is 360 g/mol. The van der Waals surface area contributed by atoms with Gasteiger partial charge in [0.1, 0.15) is 0 Å². The van der Waals surface area contributed by atoms with Crippen molar-refractivity contribution in [2.24, 2.45) is 0 Å². The van der Waals surface area contributed by atoms with E-state index < -0.39 is 0 Å². The second kappa shape index (κ2) is 6.26. The Morgan fingerprint density at radius 2 is 1.95 bits per heavy atom. The molecule has 0 fully saturated rings. The van der Waals surface area contributed by atoms with Gasteiger partial charge in [-0.15, -0.1) is 0 Å². The molecule has 3 aromatic rings. The quantitative estimate of drug-likeness (QED) is 0.655. The molecule has 1 unspecified atom stereocenters. The molecule has 0 saturated carbocycles. The van der Waals surface area contributed by atoms with Gasteiger partial charge in [0, 0.05) is 26.3 Å². The zero-order valence-corrected chi connectivity index (χ0v) is 14.4. The number of benzene rings is 2. The Morgan fingerprint density at radius 1 is 1.14 bits per heavy atom. The zero-order valence-electron chi connectivity index (χ0n) is 12.0. The van der Waals surface area contributed by atoms with Crippen LogP contribution >= 0.6 is 27.7 Å². The summed E-state index contributed by atoms with van der Waals surface area (Å²) in [6.45, 7) is 2.16. The van der Waals surface area contributed by atoms with Crippen LogP contribution in [0.3, 0.4) is 0 Å². The summed E-state index contributed by atoms with van der Waals surface area (Å²) >= 11 is 5.43. The number of hydrogen-bond donors (Lipinski definition) is 2. The molecule has 21 heavy (non-hydrogen) atoms. The number of para-hydroxylation sites is 1. The lowest BCUT2D eigenvalue weighted by molar-refractivity contribution is 0.651. The number of fused-ring (bicyclic) bond motifs is 1. The highest BCUT2D eigenvalue weighted by Gasteiger charge is 2.09. The molecule has 0 spiro atoms. The van der Waals surface area contributed by atoms with Gasteiger partial charge in [0.15, 0.2) is 0 Å². The average molecular weight is 361 g/mol. The van der Waals surface area contributed by atoms with E-state index in [1.807, 2.05) is 7.05 Å². The highest BCUT2D eigenvalue weighted by Crippen LogP contribution is 2.35. The normalized spacial score (nSPS) is 12.7. The highest BCUT2D eigenvalue weighted by molar-refractivity contribution is 9.10. The molecular weight excluding hydrogens is 344 g/mol. The lowest BCUT2D eigenvalue weighted by Gasteiger charge is -2.12. The Labute approximate surface area is 137 Å². The second-order valence-electron chi connectivity index (χ2n) is 5.02. The van der Waals surface area contributed by atoms with E-state index >= 15 is 0 Å². The number of rotatable bonds is 4. The maximum absolute atomic E-state index is 3.68. The molecule has 1 heterocycles. The van der Waals surface area contributed by atoms with E-state index in [9.17, 15) is 0 Å². The van der Waals surface area contributed by atoms with Crippen LogP contribution in [0, 0.1) is 0 Å². The van der Waals surface area contributed by atoms with Crippen molar-refractivity contribution in [1.29, 1.82) is 0 Å². The van der Waals surface area contributed by atoms with Crippen molar-refractivity contribution in [3.63, 3.8) is 0 Å². The fourth-order valence-corrected chi connectivity index (χ4v) is 3.77. The van der Waals surface area contributed by atoms with Gasteiger partial charge in [0.2, 0.25) is 0 Å². The van der Waals surface area contributed by atoms with Crippen molar-refractivity contribution in [1.82, 2.24) is 10.3 Å². The topological polar surface area (TPSA) is 27.8 Å². The van der Waals surface area contributed by atoms with Crippen LogP contribution in [0.15, 0.2) is 62.9 Å². The zero-order chi connectivity index (χ0) is 14.8. The molecule has 2 N–H and O–H groups in total. The molecule has 4 heteroatoms. The Hall–Kier alpha value is -1.23. The van der Waals surface area contributed by atoms with Gasteiger partial charge in [0.05, 0.1) is 5.03 Å². The first-order valence-corrected chi connectivity index (χ1v) is 8.50. The van der Waals surface area contributed by atoms with E-state index in [1.54, 1.807) is 11.8 Å². The van der Waals surface area contributed by atoms with E-state index in [2.05, 4.69) is 81.7 Å². The van der Waals surface area contributed by atoms with E-state index in [0.29, 0.717) is 6.04 Å². The van der Waals surface area contributed by atoms with E-state index in [0.717, 1.165) is 9.50 Å². The Balaban J connectivity index is 1.87. The summed E-state index contributed by atoms with van der Waals surface area (Å²) in [6, 6.07) is 17.4. The third kappa shape index (κ3) is 3.18. The van der Waals surface area contributed by atoms with E-state index in [-0.39, 0.29) is 0 Å². The first-order valence-electron chi connectivity index (χ1n) is 6.89. The predicted molar refractivity (Wildman–Crippen MR) is 94.0 cm³/mol. The van der Waals surface area contributed by atoms with Gasteiger partial charge in [0.25, 0.3) is 0 Å². The third-order valence-corrected chi connectivity index (χ3v) is 5.55. The molecule has 0 bridgehead atoms. The number of aromatic amines is 1. The lowest BCUT2D eigenvalue weighted by atomic mass is 10.1. The standard InChI is InChI=1S/C17H17BrN2S/c1-11(19-2)12-7-8-16(14(18)9-12)21-17-10-13-5-3-4-6-15(13)20-17/h3-11,19-20H,1-2H3. The van der Waals surface area contributed by atoms with E-state index in [1.165, 1.54) is 21.4 Å². The van der Waals surface area contributed by atoms with Crippen LogP contribution < -0.4 is 5.32 Å². The second-order valence-corrected chi connectivity index (χ2v) is 6.96. The van der Waals surface area contributed by atoms with Crippen LogP contribution in [-0.4, -0.2) is 12.0 Å². The fraction of sp³-hybridized carbons (Fsp3) is 0.176. The van der Waals surface area contributed by atoms with Crippen molar-refractivity contribution in [3.05, 3.63) is 58.6 Å². The van der Waals surface area contributed by atoms with E-state index in [4.69, 9.17) is 0 Å². The summed E-state index contributed by atoms with van der Waals surface area (Å²) in [5.74, 6) is 0. The number of halogens is 1. The minimum absolute atomic E-state index is 0.355. The number of nitrogens with one attached hydrogen (secondary N) is 2. The molecular formula is C17H17BrN2S. The summed E-state index contributed by atoms with van der Waals surface area (Å²) in [4.78, 5) is 4.67. The van der Waals surface area contributed by atoms with Crippen LogP contribution in [0.1, 0.15) is 18.5 Å². The van der Waals surface area contributed by atoms with Gasteiger partial charge >= 0.3 is 0 Å². The summed E-state index contributed by atoms with van der Waals surface area (Å²) in [5.41, 5.74) is 2.46. The number of aromatic nitrogens is 1. The molecule has 2 nitrogen and oxygen atoms in total. The molecule has 108 valence electrons. The molecule has 0 saturated heterocycles. The van der Waals surface area contributed by atoms with Gasteiger partial charge in [-0.3, -0.25) is 0 Å². The van der Waals surface area contributed by atoms with Crippen molar-refractivity contribution < 1.29 is 0 Å². The minimum Gasteiger partial charge on any atom is -0.349 e. The van der Waals surface area contributed by atoms with Crippen LogP contribution in [0.5, 0.6) is 0 Å². The average Bonchev–Trinajstić information content (AvgIpc) is 2.90.